The van der Waals surface area contributed by atoms with Crippen molar-refractivity contribution >= 4 is 11.6 Å². The first-order valence-electron chi connectivity index (χ1n) is 8.39. The molecule has 0 aliphatic heterocycles. The second kappa shape index (κ2) is 6.48. The van der Waals surface area contributed by atoms with Gasteiger partial charge >= 0.3 is 0 Å². The number of carbonyl (C=O) groups is 1. The van der Waals surface area contributed by atoms with E-state index in [4.69, 9.17) is 0 Å². The number of hydrogen-bond acceptors (Lipinski definition) is 1. The zero-order valence-corrected chi connectivity index (χ0v) is 14.8. The number of rotatable bonds is 4. The average molecular weight is 322 g/mol. The molecule has 0 fully saturated rings. The first-order chi connectivity index (χ1) is 11.5. The van der Waals surface area contributed by atoms with E-state index < -0.39 is 0 Å². The van der Waals surface area contributed by atoms with Crippen molar-refractivity contribution in [3.05, 3.63) is 59.4 Å². The number of imidazole rings is 1. The van der Waals surface area contributed by atoms with Gasteiger partial charge in [0.05, 0.1) is 12.7 Å². The molecule has 0 saturated heterocycles. The number of aromatic nitrogens is 2. The van der Waals surface area contributed by atoms with Gasteiger partial charge in [-0.1, -0.05) is 6.92 Å². The Morgan fingerprint density at radius 2 is 2.00 bits per heavy atom. The number of nitrogens with one attached hydrogen (secondary N) is 1. The van der Waals surface area contributed by atoms with Crippen LogP contribution in [0.15, 0.2) is 42.7 Å². The van der Waals surface area contributed by atoms with Crippen LogP contribution in [-0.2, 0) is 6.54 Å². The van der Waals surface area contributed by atoms with Gasteiger partial charge in [0.2, 0.25) is 0 Å². The highest BCUT2D eigenvalue weighted by molar-refractivity contribution is 5.94. The Labute approximate surface area is 142 Å². The van der Waals surface area contributed by atoms with Crippen LogP contribution in [0.25, 0.3) is 16.9 Å². The van der Waals surface area contributed by atoms with E-state index in [2.05, 4.69) is 59.6 Å². The number of nitrogens with zero attached hydrogens (tertiary/aromatic N) is 2. The van der Waals surface area contributed by atoms with Crippen LogP contribution in [0, 0.1) is 13.8 Å². The van der Waals surface area contributed by atoms with Crippen molar-refractivity contribution in [3.8, 4) is 11.3 Å². The van der Waals surface area contributed by atoms with Gasteiger partial charge in [-0.05, 0) is 55.7 Å². The topological polar surface area (TPSA) is 38.1 Å². The summed E-state index contributed by atoms with van der Waals surface area (Å²) in [6.07, 6.45) is 5.35. The van der Waals surface area contributed by atoms with Gasteiger partial charge in [-0.2, -0.15) is 0 Å². The Morgan fingerprint density at radius 3 is 2.67 bits per heavy atom. The van der Waals surface area contributed by atoms with Gasteiger partial charge in [0, 0.05) is 24.2 Å². The Balaban J connectivity index is 2.18. The standard InChI is InChI=1S/C20H23N3O/c1-5-9-23-18(13-22-10-8-14(2)11-19(22)23)17-7-6-16(12-15(17)3)20(24)21-4/h6-8,10-13H,5,9H2,1-4H3/p+1. The van der Waals surface area contributed by atoms with Crippen molar-refractivity contribution in [2.75, 3.05) is 7.05 Å². The molecule has 0 saturated carbocycles. The lowest BCUT2D eigenvalue weighted by molar-refractivity contribution is -0.510. The summed E-state index contributed by atoms with van der Waals surface area (Å²) in [5.41, 5.74) is 6.60. The summed E-state index contributed by atoms with van der Waals surface area (Å²) in [7, 11) is 1.66. The molecule has 1 amide bonds. The predicted molar refractivity (Wildman–Crippen MR) is 96.2 cm³/mol. The van der Waals surface area contributed by atoms with E-state index >= 15 is 0 Å². The van der Waals surface area contributed by atoms with E-state index in [9.17, 15) is 4.79 Å². The maximum absolute atomic E-state index is 11.8. The third kappa shape index (κ3) is 2.80. The summed E-state index contributed by atoms with van der Waals surface area (Å²) >= 11 is 0. The minimum atomic E-state index is -0.0521. The van der Waals surface area contributed by atoms with Crippen molar-refractivity contribution in [3.63, 3.8) is 0 Å². The number of pyridine rings is 1. The largest absolute Gasteiger partial charge is 0.355 e. The fourth-order valence-electron chi connectivity index (χ4n) is 3.16. The van der Waals surface area contributed by atoms with Gasteiger partial charge in [-0.3, -0.25) is 4.79 Å². The Kier molecular flexibility index (Phi) is 4.38. The van der Waals surface area contributed by atoms with Crippen molar-refractivity contribution in [1.29, 1.82) is 0 Å². The molecule has 3 rings (SSSR count). The van der Waals surface area contributed by atoms with Crippen molar-refractivity contribution in [2.24, 2.45) is 0 Å². The minimum absolute atomic E-state index is 0.0521. The van der Waals surface area contributed by atoms with Crippen LogP contribution >= 0.6 is 0 Å². The molecule has 4 heteroatoms. The van der Waals surface area contributed by atoms with Crippen molar-refractivity contribution < 1.29 is 9.20 Å². The highest BCUT2D eigenvalue weighted by atomic mass is 16.1. The molecule has 0 atom stereocenters. The quantitative estimate of drug-likeness (QED) is 0.736. The van der Waals surface area contributed by atoms with Gasteiger partial charge in [0.15, 0.2) is 5.69 Å². The van der Waals surface area contributed by atoms with Gasteiger partial charge in [-0.25, -0.2) is 8.97 Å². The first kappa shape index (κ1) is 16.2. The minimum Gasteiger partial charge on any atom is -0.355 e. The van der Waals surface area contributed by atoms with Crippen LogP contribution in [0.3, 0.4) is 0 Å². The number of fused-ring (bicyclic) bond motifs is 1. The van der Waals surface area contributed by atoms with Crippen LogP contribution in [0.5, 0.6) is 0 Å². The summed E-state index contributed by atoms with van der Waals surface area (Å²) in [5.74, 6) is -0.0521. The number of carbonyl (C=O) groups excluding carboxylic acids is 1. The Bertz CT molecular complexity index is 909. The molecule has 0 bridgehead atoms. The summed E-state index contributed by atoms with van der Waals surface area (Å²) in [6.45, 7) is 7.33. The van der Waals surface area contributed by atoms with Crippen LogP contribution in [0.1, 0.15) is 34.8 Å². The highest BCUT2D eigenvalue weighted by Gasteiger charge is 2.20. The SMILES string of the molecule is CCCn1c(-c2ccc(C(=O)NC)cc2C)c[n+]2ccc(C)cc12. The number of hydrogen-bond donors (Lipinski definition) is 1. The molecule has 24 heavy (non-hydrogen) atoms. The van der Waals surface area contributed by atoms with E-state index in [1.165, 1.54) is 16.9 Å². The molecule has 0 radical (unpaired) electrons. The molecule has 124 valence electrons. The summed E-state index contributed by atoms with van der Waals surface area (Å²) in [4.78, 5) is 11.8. The fraction of sp³-hybridized carbons (Fsp3) is 0.300. The lowest BCUT2D eigenvalue weighted by atomic mass is 10.0. The number of amides is 1. The molecule has 1 N–H and O–H groups in total. The first-order valence-corrected chi connectivity index (χ1v) is 8.39. The lowest BCUT2D eigenvalue weighted by Crippen LogP contribution is -2.18. The van der Waals surface area contributed by atoms with E-state index in [0.717, 1.165) is 24.1 Å². The average Bonchev–Trinajstić information content (AvgIpc) is 2.92. The summed E-state index contributed by atoms with van der Waals surface area (Å²) in [5, 5.41) is 2.68. The third-order valence-electron chi connectivity index (χ3n) is 4.39. The Morgan fingerprint density at radius 1 is 1.21 bits per heavy atom. The molecule has 0 aliphatic rings. The zero-order chi connectivity index (χ0) is 17.3. The van der Waals surface area contributed by atoms with Crippen LogP contribution < -0.4 is 9.72 Å². The third-order valence-corrected chi connectivity index (χ3v) is 4.39. The van der Waals surface area contributed by atoms with Crippen LogP contribution in [-0.4, -0.2) is 17.5 Å². The smallest absolute Gasteiger partial charge is 0.286 e. The van der Waals surface area contributed by atoms with Crippen molar-refractivity contribution in [2.45, 2.75) is 33.7 Å². The van der Waals surface area contributed by atoms with Gasteiger partial charge in [0.1, 0.15) is 6.20 Å². The van der Waals surface area contributed by atoms with E-state index in [0.29, 0.717) is 5.56 Å². The highest BCUT2D eigenvalue weighted by Crippen LogP contribution is 2.26. The number of benzene rings is 1. The zero-order valence-electron chi connectivity index (χ0n) is 14.8. The summed E-state index contributed by atoms with van der Waals surface area (Å²) < 4.78 is 4.53. The van der Waals surface area contributed by atoms with Gasteiger partial charge in [-0.15, -0.1) is 0 Å². The maximum Gasteiger partial charge on any atom is 0.286 e. The van der Waals surface area contributed by atoms with E-state index in [1.807, 2.05) is 18.2 Å². The second-order valence-corrected chi connectivity index (χ2v) is 6.24. The van der Waals surface area contributed by atoms with Crippen LogP contribution in [0.2, 0.25) is 0 Å². The predicted octanol–water partition coefficient (Wildman–Crippen LogP) is 3.28. The molecular weight excluding hydrogens is 298 g/mol. The second-order valence-electron chi connectivity index (χ2n) is 6.24. The fourth-order valence-corrected chi connectivity index (χ4v) is 3.16. The molecule has 2 aromatic heterocycles. The van der Waals surface area contributed by atoms with Crippen LogP contribution in [0.4, 0.5) is 0 Å². The molecule has 0 aliphatic carbocycles. The van der Waals surface area contributed by atoms with Gasteiger partial charge < -0.3 is 5.32 Å². The summed E-state index contributed by atoms with van der Waals surface area (Å²) in [6, 6.07) is 10.2. The molecule has 2 heterocycles. The van der Waals surface area contributed by atoms with Gasteiger partial charge in [0.25, 0.3) is 11.6 Å². The lowest BCUT2D eigenvalue weighted by Gasteiger charge is -2.07. The molecule has 4 nitrogen and oxygen atoms in total. The molecule has 1 aromatic carbocycles. The molecule has 0 unspecified atom stereocenters. The molecule has 3 aromatic rings. The number of aryl methyl sites for hydroxylation is 3. The van der Waals surface area contributed by atoms with E-state index in [-0.39, 0.29) is 5.91 Å². The van der Waals surface area contributed by atoms with Crippen molar-refractivity contribution in [1.82, 2.24) is 9.88 Å². The maximum atomic E-state index is 11.8. The normalized spacial score (nSPS) is 11.0. The molecular formula is C20H24N3O+. The Hall–Kier alpha value is -2.62. The monoisotopic (exact) mass is 322 g/mol. The molecule has 0 spiro atoms. The van der Waals surface area contributed by atoms with E-state index in [1.54, 1.807) is 7.05 Å².